The number of aryl methyl sites for hydroxylation is 1. The summed E-state index contributed by atoms with van der Waals surface area (Å²) in [5, 5.41) is 3.62. The number of ether oxygens (including phenoxy) is 1. The Morgan fingerprint density at radius 1 is 1.12 bits per heavy atom. The number of nitrogens with zero attached hydrogens (tertiary/aromatic N) is 1. The molecule has 0 saturated carbocycles. The first kappa shape index (κ1) is 23.3. The number of sulfonamides is 1. The topological polar surface area (TPSA) is 97.4 Å². The zero-order valence-corrected chi connectivity index (χ0v) is 19.8. The predicted molar refractivity (Wildman–Crippen MR) is 128 cm³/mol. The maximum atomic E-state index is 12.6. The van der Waals surface area contributed by atoms with Gasteiger partial charge in [0.2, 0.25) is 0 Å². The van der Waals surface area contributed by atoms with Crippen LogP contribution in [-0.2, 0) is 14.8 Å². The Kier molecular flexibility index (Phi) is 7.32. The number of hydrogen-bond acceptors (Lipinski definition) is 6. The molecular formula is C24H25N3O4S2. The molecule has 172 valence electrons. The van der Waals surface area contributed by atoms with Crippen molar-refractivity contribution in [1.82, 2.24) is 10.3 Å². The second-order valence-electron chi connectivity index (χ2n) is 7.73. The molecule has 9 heteroatoms. The van der Waals surface area contributed by atoms with Gasteiger partial charge in [0.1, 0.15) is 5.03 Å². The van der Waals surface area contributed by atoms with Crippen LogP contribution in [0.1, 0.15) is 28.8 Å². The number of nitrogens with one attached hydrogen (secondary N) is 2. The molecule has 0 radical (unpaired) electrons. The number of carbonyl (C=O) groups excluding carboxylic acids is 1. The molecule has 0 aliphatic carbocycles. The summed E-state index contributed by atoms with van der Waals surface area (Å²) in [5.41, 5.74) is 1.67. The van der Waals surface area contributed by atoms with Crippen molar-refractivity contribution in [3.63, 3.8) is 0 Å². The van der Waals surface area contributed by atoms with Crippen LogP contribution in [0.3, 0.4) is 0 Å². The molecule has 1 aliphatic heterocycles. The molecule has 0 spiro atoms. The zero-order valence-electron chi connectivity index (χ0n) is 18.2. The highest BCUT2D eigenvalue weighted by Gasteiger charge is 2.17. The van der Waals surface area contributed by atoms with Crippen LogP contribution in [0.15, 0.2) is 81.7 Å². The van der Waals surface area contributed by atoms with Gasteiger partial charge in [-0.05, 0) is 67.8 Å². The van der Waals surface area contributed by atoms with E-state index in [9.17, 15) is 13.2 Å². The Labute approximate surface area is 198 Å². The maximum absolute atomic E-state index is 12.6. The van der Waals surface area contributed by atoms with Crippen molar-refractivity contribution in [3.05, 3.63) is 78.0 Å². The second kappa shape index (κ2) is 10.4. The summed E-state index contributed by atoms with van der Waals surface area (Å²) < 4.78 is 33.4. The number of benzene rings is 2. The van der Waals surface area contributed by atoms with Gasteiger partial charge in [0.25, 0.3) is 15.9 Å². The van der Waals surface area contributed by atoms with Gasteiger partial charge < -0.3 is 10.1 Å². The van der Waals surface area contributed by atoms with E-state index < -0.39 is 10.0 Å². The Bertz CT molecular complexity index is 1210. The molecule has 33 heavy (non-hydrogen) atoms. The van der Waals surface area contributed by atoms with E-state index in [2.05, 4.69) is 15.0 Å². The third kappa shape index (κ3) is 6.13. The fraction of sp³-hybridized carbons (Fsp3) is 0.250. The molecule has 1 amide bonds. The number of pyridine rings is 1. The molecule has 1 aliphatic rings. The van der Waals surface area contributed by atoms with Gasteiger partial charge in [-0.3, -0.25) is 9.52 Å². The molecule has 2 N–H and O–H groups in total. The van der Waals surface area contributed by atoms with E-state index in [1.54, 1.807) is 61.7 Å². The van der Waals surface area contributed by atoms with Crippen molar-refractivity contribution in [3.8, 4) is 0 Å². The summed E-state index contributed by atoms with van der Waals surface area (Å²) in [6.45, 7) is 3.03. The summed E-state index contributed by atoms with van der Waals surface area (Å²) in [5.74, 6) is -0.167. The molecule has 2 heterocycles. The Hall–Kier alpha value is -2.88. The lowest BCUT2D eigenvalue weighted by atomic mass is 10.2. The second-order valence-corrected chi connectivity index (χ2v) is 10.5. The van der Waals surface area contributed by atoms with Gasteiger partial charge in [0.15, 0.2) is 0 Å². The van der Waals surface area contributed by atoms with Crippen molar-refractivity contribution in [1.29, 1.82) is 0 Å². The third-order valence-electron chi connectivity index (χ3n) is 5.22. The Morgan fingerprint density at radius 3 is 2.58 bits per heavy atom. The molecule has 0 bridgehead atoms. The average Bonchev–Trinajstić information content (AvgIpc) is 3.33. The van der Waals surface area contributed by atoms with Gasteiger partial charge >= 0.3 is 0 Å². The number of carbonyl (C=O) groups is 1. The summed E-state index contributed by atoms with van der Waals surface area (Å²) in [6, 6.07) is 17.5. The fourth-order valence-corrected chi connectivity index (χ4v) is 5.53. The first-order valence-corrected chi connectivity index (χ1v) is 12.9. The fourth-order valence-electron chi connectivity index (χ4n) is 3.47. The number of amides is 1. The SMILES string of the molecule is Cc1ccccc1S(=O)(=O)Nc1ccc(Sc2ccc(C(=O)NC[C@@H]3CCCO3)cn2)cc1. The van der Waals surface area contributed by atoms with Crippen molar-refractivity contribution in [2.45, 2.75) is 40.7 Å². The van der Waals surface area contributed by atoms with E-state index in [4.69, 9.17) is 4.74 Å². The van der Waals surface area contributed by atoms with Crippen LogP contribution in [0.5, 0.6) is 0 Å². The molecular weight excluding hydrogens is 458 g/mol. The number of anilines is 1. The molecule has 3 aromatic rings. The van der Waals surface area contributed by atoms with Crippen LogP contribution < -0.4 is 10.0 Å². The lowest BCUT2D eigenvalue weighted by Gasteiger charge is -2.11. The minimum Gasteiger partial charge on any atom is -0.376 e. The highest BCUT2D eigenvalue weighted by Crippen LogP contribution is 2.28. The smallest absolute Gasteiger partial charge is 0.262 e. The minimum absolute atomic E-state index is 0.0981. The van der Waals surface area contributed by atoms with Crippen molar-refractivity contribution in [2.24, 2.45) is 0 Å². The normalized spacial score (nSPS) is 15.8. The molecule has 1 atom stereocenters. The molecule has 2 aromatic carbocycles. The third-order valence-corrected chi connectivity index (χ3v) is 7.72. The standard InChI is InChI=1S/C24H25N3O4S2/c1-17-5-2-3-7-22(17)33(29,30)27-19-9-11-21(12-10-19)32-23-13-8-18(15-25-23)24(28)26-16-20-6-4-14-31-20/h2-3,5,7-13,15,20,27H,4,6,14,16H2,1H3,(H,26,28)/t20-/m0/s1. The predicted octanol–water partition coefficient (Wildman–Crippen LogP) is 4.25. The molecule has 1 fully saturated rings. The number of rotatable bonds is 8. The number of hydrogen-bond donors (Lipinski definition) is 2. The van der Waals surface area contributed by atoms with E-state index in [-0.39, 0.29) is 16.9 Å². The first-order chi connectivity index (χ1) is 15.9. The van der Waals surface area contributed by atoms with Crippen LogP contribution in [0, 0.1) is 6.92 Å². The van der Waals surface area contributed by atoms with Gasteiger partial charge in [0.05, 0.1) is 16.6 Å². The van der Waals surface area contributed by atoms with Crippen LogP contribution in [0.2, 0.25) is 0 Å². The largest absolute Gasteiger partial charge is 0.376 e. The quantitative estimate of drug-likeness (QED) is 0.497. The van der Waals surface area contributed by atoms with Crippen molar-refractivity contribution >= 4 is 33.4 Å². The van der Waals surface area contributed by atoms with Crippen LogP contribution in [-0.4, -0.2) is 38.6 Å². The van der Waals surface area contributed by atoms with Crippen molar-refractivity contribution < 1.29 is 17.9 Å². The van der Waals surface area contributed by atoms with Crippen molar-refractivity contribution in [2.75, 3.05) is 17.9 Å². The highest BCUT2D eigenvalue weighted by molar-refractivity contribution is 7.99. The molecule has 7 nitrogen and oxygen atoms in total. The first-order valence-electron chi connectivity index (χ1n) is 10.6. The Morgan fingerprint density at radius 2 is 1.91 bits per heavy atom. The van der Waals surface area contributed by atoms with Gasteiger partial charge in [-0.25, -0.2) is 13.4 Å². The molecule has 1 aromatic heterocycles. The van der Waals surface area contributed by atoms with E-state index in [1.807, 2.05) is 12.1 Å². The van der Waals surface area contributed by atoms with Crippen LogP contribution in [0.4, 0.5) is 5.69 Å². The molecule has 4 rings (SSSR count). The van der Waals surface area contributed by atoms with E-state index in [0.717, 1.165) is 29.4 Å². The Balaban J connectivity index is 1.34. The molecule has 1 saturated heterocycles. The van der Waals surface area contributed by atoms with Gasteiger partial charge in [-0.2, -0.15) is 0 Å². The zero-order chi connectivity index (χ0) is 23.3. The van der Waals surface area contributed by atoms with Crippen LogP contribution >= 0.6 is 11.8 Å². The van der Waals surface area contributed by atoms with Gasteiger partial charge in [-0.15, -0.1) is 0 Å². The summed E-state index contributed by atoms with van der Waals surface area (Å²) in [7, 11) is -3.65. The van der Waals surface area contributed by atoms with E-state index in [0.29, 0.717) is 23.4 Å². The summed E-state index contributed by atoms with van der Waals surface area (Å²) >= 11 is 1.43. The van der Waals surface area contributed by atoms with Gasteiger partial charge in [0, 0.05) is 29.9 Å². The van der Waals surface area contributed by atoms with Gasteiger partial charge in [-0.1, -0.05) is 30.0 Å². The monoisotopic (exact) mass is 483 g/mol. The minimum atomic E-state index is -3.65. The van der Waals surface area contributed by atoms with Crippen LogP contribution in [0.25, 0.3) is 0 Å². The van der Waals surface area contributed by atoms with E-state index >= 15 is 0 Å². The highest BCUT2D eigenvalue weighted by atomic mass is 32.2. The maximum Gasteiger partial charge on any atom is 0.262 e. The summed E-state index contributed by atoms with van der Waals surface area (Å²) in [4.78, 5) is 17.8. The average molecular weight is 484 g/mol. The number of aromatic nitrogens is 1. The summed E-state index contributed by atoms with van der Waals surface area (Å²) in [6.07, 6.45) is 3.66. The lowest BCUT2D eigenvalue weighted by molar-refractivity contribution is 0.0857. The lowest BCUT2D eigenvalue weighted by Crippen LogP contribution is -2.31. The molecule has 0 unspecified atom stereocenters. The van der Waals surface area contributed by atoms with E-state index in [1.165, 1.54) is 11.8 Å².